The van der Waals surface area contributed by atoms with Crippen LogP contribution in [0.15, 0.2) is 77.7 Å². The molecule has 0 saturated carbocycles. The highest BCUT2D eigenvalue weighted by molar-refractivity contribution is 7.92. The number of carbonyl (C=O) groups excluding carboxylic acids is 2. The predicted molar refractivity (Wildman–Crippen MR) is 161 cm³/mol. The smallest absolute Gasteiger partial charge is 0.264 e. The average Bonchev–Trinajstić information content (AvgIpc) is 2.88. The van der Waals surface area contributed by atoms with Gasteiger partial charge >= 0.3 is 0 Å². The van der Waals surface area contributed by atoms with Gasteiger partial charge in [0.25, 0.3) is 10.0 Å². The van der Waals surface area contributed by atoms with E-state index in [-0.39, 0.29) is 17.3 Å². The minimum absolute atomic E-state index is 0.0268. The van der Waals surface area contributed by atoms with E-state index in [2.05, 4.69) is 5.32 Å². The van der Waals surface area contributed by atoms with Gasteiger partial charge in [-0.1, -0.05) is 72.1 Å². The van der Waals surface area contributed by atoms with Gasteiger partial charge in [0, 0.05) is 12.1 Å². The molecule has 2 amide bonds. The van der Waals surface area contributed by atoms with Gasteiger partial charge in [-0.05, 0) is 76.1 Å². The highest BCUT2D eigenvalue weighted by atomic mass is 35.5. The van der Waals surface area contributed by atoms with Crippen LogP contribution in [0.3, 0.4) is 0 Å². The fourth-order valence-electron chi connectivity index (χ4n) is 4.17. The maximum absolute atomic E-state index is 14.1. The van der Waals surface area contributed by atoms with Gasteiger partial charge < -0.3 is 10.2 Å². The lowest BCUT2D eigenvalue weighted by atomic mass is 10.1. The fraction of sp³-hybridized carbons (Fsp3) is 0.333. The van der Waals surface area contributed by atoms with Crippen molar-refractivity contribution in [3.63, 3.8) is 0 Å². The van der Waals surface area contributed by atoms with Gasteiger partial charge in [0.1, 0.15) is 12.6 Å². The van der Waals surface area contributed by atoms with E-state index in [9.17, 15) is 18.0 Å². The zero-order chi connectivity index (χ0) is 29.7. The largest absolute Gasteiger partial charge is 0.350 e. The molecule has 0 aliphatic rings. The Morgan fingerprint density at radius 1 is 0.925 bits per heavy atom. The molecule has 3 aromatic carbocycles. The second-order valence-corrected chi connectivity index (χ2v) is 13.3. The first-order chi connectivity index (χ1) is 18.7. The number of anilines is 1. The Morgan fingerprint density at radius 2 is 1.55 bits per heavy atom. The zero-order valence-corrected chi connectivity index (χ0v) is 25.6. The van der Waals surface area contributed by atoms with Crippen LogP contribution < -0.4 is 9.62 Å². The third-order valence-corrected chi connectivity index (χ3v) is 8.68. The molecule has 1 atom stereocenters. The average molecular weight is 605 g/mol. The van der Waals surface area contributed by atoms with Crippen LogP contribution in [0.5, 0.6) is 0 Å². The summed E-state index contributed by atoms with van der Waals surface area (Å²) in [6, 6.07) is 19.0. The standard InChI is InChI=1S/C30H35Cl2N3O4S/c1-6-27(29(37)33-30(3,4)5)34(19-22-14-17-25(31)26(32)18-22)28(36)20-35(23-10-8-7-9-11-23)40(38,39)24-15-12-21(2)13-16-24/h7-18,27H,6,19-20H2,1-5H3,(H,33,37)/t27-/m0/s1. The van der Waals surface area contributed by atoms with Crippen molar-refractivity contribution in [1.29, 1.82) is 0 Å². The maximum atomic E-state index is 14.1. The van der Waals surface area contributed by atoms with E-state index >= 15 is 0 Å². The van der Waals surface area contributed by atoms with Crippen molar-refractivity contribution in [3.8, 4) is 0 Å². The number of aryl methyl sites for hydroxylation is 1. The Kier molecular flexibility index (Phi) is 10.3. The van der Waals surface area contributed by atoms with E-state index in [0.717, 1.165) is 9.87 Å². The summed E-state index contributed by atoms with van der Waals surface area (Å²) >= 11 is 12.3. The molecule has 0 aliphatic heterocycles. The summed E-state index contributed by atoms with van der Waals surface area (Å²) in [5.41, 5.74) is 1.36. The van der Waals surface area contributed by atoms with Crippen LogP contribution in [-0.2, 0) is 26.2 Å². The molecule has 7 nitrogen and oxygen atoms in total. The van der Waals surface area contributed by atoms with Crippen molar-refractivity contribution >= 4 is 50.7 Å². The molecule has 214 valence electrons. The third-order valence-electron chi connectivity index (χ3n) is 6.15. The number of hydrogen-bond acceptors (Lipinski definition) is 4. The molecule has 0 unspecified atom stereocenters. The number of nitrogens with zero attached hydrogens (tertiary/aromatic N) is 2. The van der Waals surface area contributed by atoms with Crippen LogP contribution in [0.25, 0.3) is 0 Å². The summed E-state index contributed by atoms with van der Waals surface area (Å²) in [5, 5.41) is 3.62. The lowest BCUT2D eigenvalue weighted by molar-refractivity contribution is -0.141. The van der Waals surface area contributed by atoms with Gasteiger partial charge in [-0.25, -0.2) is 8.42 Å². The Labute approximate surface area is 247 Å². The molecular formula is C30H35Cl2N3O4S. The minimum atomic E-state index is -4.12. The van der Waals surface area contributed by atoms with Crippen LogP contribution in [0.2, 0.25) is 10.0 Å². The molecule has 0 bridgehead atoms. The molecule has 40 heavy (non-hydrogen) atoms. The van der Waals surface area contributed by atoms with Crippen LogP contribution >= 0.6 is 23.2 Å². The summed E-state index contributed by atoms with van der Waals surface area (Å²) in [5.74, 6) is -0.877. The van der Waals surface area contributed by atoms with E-state index in [0.29, 0.717) is 27.7 Å². The summed E-state index contributed by atoms with van der Waals surface area (Å²) < 4.78 is 28.8. The summed E-state index contributed by atoms with van der Waals surface area (Å²) in [4.78, 5) is 28.9. The number of hydrogen-bond donors (Lipinski definition) is 1. The molecule has 0 aromatic heterocycles. The third kappa shape index (κ3) is 7.99. The second-order valence-electron chi connectivity index (χ2n) is 10.6. The topological polar surface area (TPSA) is 86.8 Å². The lowest BCUT2D eigenvalue weighted by Gasteiger charge is -2.34. The SMILES string of the molecule is CC[C@@H](C(=O)NC(C)(C)C)N(Cc1ccc(Cl)c(Cl)c1)C(=O)CN(c1ccccc1)S(=O)(=O)c1ccc(C)cc1. The first-order valence-corrected chi connectivity index (χ1v) is 15.1. The van der Waals surface area contributed by atoms with Crippen molar-refractivity contribution in [2.75, 3.05) is 10.8 Å². The van der Waals surface area contributed by atoms with Crippen molar-refractivity contribution in [2.45, 2.75) is 64.1 Å². The molecule has 0 aliphatic carbocycles. The molecule has 3 rings (SSSR count). The molecule has 0 spiro atoms. The second kappa shape index (κ2) is 13.1. The van der Waals surface area contributed by atoms with Crippen molar-refractivity contribution in [2.24, 2.45) is 0 Å². The Bertz CT molecular complexity index is 1440. The van der Waals surface area contributed by atoms with E-state index < -0.39 is 34.1 Å². The summed E-state index contributed by atoms with van der Waals surface area (Å²) in [6.07, 6.45) is 0.311. The zero-order valence-electron chi connectivity index (χ0n) is 23.3. The molecule has 0 fully saturated rings. The van der Waals surface area contributed by atoms with Crippen LogP contribution in [0.4, 0.5) is 5.69 Å². The minimum Gasteiger partial charge on any atom is -0.350 e. The number of benzene rings is 3. The Hall–Kier alpha value is -3.07. The van der Waals surface area contributed by atoms with Crippen LogP contribution in [0.1, 0.15) is 45.2 Å². The lowest BCUT2D eigenvalue weighted by Crippen LogP contribution is -2.55. The van der Waals surface area contributed by atoms with E-state index in [1.165, 1.54) is 17.0 Å². The predicted octanol–water partition coefficient (Wildman–Crippen LogP) is 6.22. The molecule has 1 N–H and O–H groups in total. The molecule has 0 radical (unpaired) electrons. The quantitative estimate of drug-likeness (QED) is 0.298. The first kappa shape index (κ1) is 31.5. The maximum Gasteiger partial charge on any atom is 0.264 e. The molecular weight excluding hydrogens is 569 g/mol. The number of amides is 2. The van der Waals surface area contributed by atoms with Gasteiger partial charge in [-0.15, -0.1) is 0 Å². The highest BCUT2D eigenvalue weighted by Crippen LogP contribution is 2.27. The van der Waals surface area contributed by atoms with Crippen LogP contribution in [0, 0.1) is 6.92 Å². The fourth-order valence-corrected chi connectivity index (χ4v) is 5.90. The number of rotatable bonds is 10. The van der Waals surface area contributed by atoms with E-state index in [1.807, 2.05) is 27.7 Å². The van der Waals surface area contributed by atoms with Crippen molar-refractivity contribution in [1.82, 2.24) is 10.2 Å². The Morgan fingerprint density at radius 3 is 2.10 bits per heavy atom. The van der Waals surface area contributed by atoms with Gasteiger partial charge in [0.05, 0.1) is 20.6 Å². The molecule has 3 aromatic rings. The van der Waals surface area contributed by atoms with Crippen LogP contribution in [-0.4, -0.2) is 43.3 Å². The number of para-hydroxylation sites is 1. The number of nitrogens with one attached hydrogen (secondary N) is 1. The van der Waals surface area contributed by atoms with Gasteiger partial charge in [0.2, 0.25) is 11.8 Å². The van der Waals surface area contributed by atoms with Crippen molar-refractivity contribution in [3.05, 3.63) is 94.0 Å². The van der Waals surface area contributed by atoms with E-state index in [1.54, 1.807) is 67.6 Å². The van der Waals surface area contributed by atoms with Crippen molar-refractivity contribution < 1.29 is 18.0 Å². The Balaban J connectivity index is 2.06. The molecule has 0 saturated heterocycles. The van der Waals surface area contributed by atoms with E-state index in [4.69, 9.17) is 23.2 Å². The summed E-state index contributed by atoms with van der Waals surface area (Å²) in [7, 11) is -4.12. The normalized spacial score (nSPS) is 12.5. The monoisotopic (exact) mass is 603 g/mol. The molecule has 0 heterocycles. The number of carbonyl (C=O) groups is 2. The van der Waals surface area contributed by atoms with Gasteiger partial charge in [0.15, 0.2) is 0 Å². The molecule has 10 heteroatoms. The number of sulfonamides is 1. The van der Waals surface area contributed by atoms with Gasteiger partial charge in [-0.2, -0.15) is 0 Å². The number of halogens is 2. The van der Waals surface area contributed by atoms with Gasteiger partial charge in [-0.3, -0.25) is 13.9 Å². The highest BCUT2D eigenvalue weighted by Gasteiger charge is 2.34. The summed E-state index contributed by atoms with van der Waals surface area (Å²) in [6.45, 7) is 8.75. The first-order valence-electron chi connectivity index (χ1n) is 12.9.